The first kappa shape index (κ1) is 14.6. The number of carbonyl (C=O) groups is 1. The average Bonchev–Trinajstić information content (AvgIpc) is 3.19. The quantitative estimate of drug-likeness (QED) is 0.914. The monoisotopic (exact) mass is 300 g/mol. The summed E-state index contributed by atoms with van der Waals surface area (Å²) in [5.41, 5.74) is 1.95. The molecule has 0 spiro atoms. The minimum atomic E-state index is -0.0860. The van der Waals surface area contributed by atoms with E-state index in [1.807, 2.05) is 24.3 Å². The molecule has 1 aromatic carbocycles. The molecule has 0 radical (unpaired) electrons. The maximum Gasteiger partial charge on any atom is 0.246 e. The molecule has 1 atom stereocenters. The van der Waals surface area contributed by atoms with Crippen molar-refractivity contribution in [3.63, 3.8) is 0 Å². The van der Waals surface area contributed by atoms with E-state index in [2.05, 4.69) is 15.3 Å². The smallest absolute Gasteiger partial charge is 0.246 e. The Hall–Kier alpha value is -2.34. The lowest BCUT2D eigenvalue weighted by molar-refractivity contribution is -0.116. The number of carbonyl (C=O) groups excluding carboxylic acids is 1. The van der Waals surface area contributed by atoms with E-state index in [9.17, 15) is 4.79 Å². The van der Waals surface area contributed by atoms with E-state index in [4.69, 9.17) is 4.74 Å². The lowest BCUT2D eigenvalue weighted by Crippen LogP contribution is -2.22. The van der Waals surface area contributed by atoms with Gasteiger partial charge in [-0.05, 0) is 36.8 Å². The van der Waals surface area contributed by atoms with Crippen molar-refractivity contribution in [1.29, 1.82) is 0 Å². The van der Waals surface area contributed by atoms with Crippen LogP contribution in [0.5, 0.6) is 0 Å². The molecule has 1 amide bonds. The fourth-order valence-corrected chi connectivity index (χ4v) is 2.65. The molecular formula is C16H20N4O2. The Labute approximate surface area is 129 Å². The minimum Gasteiger partial charge on any atom is -0.380 e. The Balaban J connectivity index is 1.56. The second kappa shape index (κ2) is 6.62. The Morgan fingerprint density at radius 2 is 2.23 bits per heavy atom. The average molecular weight is 300 g/mol. The van der Waals surface area contributed by atoms with Crippen molar-refractivity contribution in [2.75, 3.05) is 30.4 Å². The molecule has 6 heteroatoms. The van der Waals surface area contributed by atoms with Crippen molar-refractivity contribution >= 4 is 17.3 Å². The van der Waals surface area contributed by atoms with Crippen LogP contribution in [0.4, 0.5) is 11.4 Å². The molecule has 1 aliphatic rings. The highest BCUT2D eigenvalue weighted by atomic mass is 16.5. The Kier molecular flexibility index (Phi) is 4.39. The van der Waals surface area contributed by atoms with Gasteiger partial charge in [-0.1, -0.05) is 0 Å². The number of benzene rings is 1. The molecule has 2 aromatic rings. The first-order valence-corrected chi connectivity index (χ1v) is 7.39. The van der Waals surface area contributed by atoms with E-state index in [0.717, 1.165) is 30.9 Å². The number of amides is 1. The van der Waals surface area contributed by atoms with Crippen LogP contribution in [0.15, 0.2) is 42.7 Å². The molecule has 1 fully saturated rings. The van der Waals surface area contributed by atoms with Crippen molar-refractivity contribution in [1.82, 2.24) is 9.78 Å². The molecule has 1 saturated heterocycles. The van der Waals surface area contributed by atoms with Crippen molar-refractivity contribution in [2.24, 2.45) is 0 Å². The summed E-state index contributed by atoms with van der Waals surface area (Å²) in [5.74, 6) is -0.0860. The molecule has 1 N–H and O–H groups in total. The zero-order valence-corrected chi connectivity index (χ0v) is 12.6. The SMILES string of the molecule is CO[C@@H]1CCN(c2ccc(NC(=O)Cn3cccn3)cc2)C1. The molecule has 1 aliphatic heterocycles. The molecule has 2 heterocycles. The van der Waals surface area contributed by atoms with E-state index in [1.165, 1.54) is 0 Å². The summed E-state index contributed by atoms with van der Waals surface area (Å²) in [7, 11) is 1.76. The summed E-state index contributed by atoms with van der Waals surface area (Å²) < 4.78 is 6.98. The van der Waals surface area contributed by atoms with Gasteiger partial charge in [0.05, 0.1) is 6.10 Å². The zero-order chi connectivity index (χ0) is 15.4. The van der Waals surface area contributed by atoms with Gasteiger partial charge in [0.15, 0.2) is 0 Å². The summed E-state index contributed by atoms with van der Waals surface area (Å²) >= 11 is 0. The van der Waals surface area contributed by atoms with E-state index in [0.29, 0.717) is 6.10 Å². The molecule has 116 valence electrons. The van der Waals surface area contributed by atoms with Crippen LogP contribution in [-0.2, 0) is 16.1 Å². The molecule has 1 aromatic heterocycles. The molecule has 0 unspecified atom stereocenters. The number of aromatic nitrogens is 2. The number of ether oxygens (including phenoxy) is 1. The third-order valence-electron chi connectivity index (χ3n) is 3.86. The maximum atomic E-state index is 11.9. The number of anilines is 2. The van der Waals surface area contributed by atoms with Crippen LogP contribution in [0.1, 0.15) is 6.42 Å². The molecule has 0 saturated carbocycles. The van der Waals surface area contributed by atoms with Gasteiger partial charge in [0.25, 0.3) is 0 Å². The second-order valence-corrected chi connectivity index (χ2v) is 5.39. The van der Waals surface area contributed by atoms with Gasteiger partial charge in [0.1, 0.15) is 6.54 Å². The summed E-state index contributed by atoms with van der Waals surface area (Å²) in [6.07, 6.45) is 4.79. The van der Waals surface area contributed by atoms with E-state index in [-0.39, 0.29) is 12.5 Å². The van der Waals surface area contributed by atoms with Gasteiger partial charge >= 0.3 is 0 Å². The van der Waals surface area contributed by atoms with Crippen LogP contribution in [-0.4, -0.2) is 42.0 Å². The van der Waals surface area contributed by atoms with Crippen molar-refractivity contribution in [3.05, 3.63) is 42.7 Å². The van der Waals surface area contributed by atoms with E-state index in [1.54, 1.807) is 30.3 Å². The third kappa shape index (κ3) is 3.46. The van der Waals surface area contributed by atoms with Crippen LogP contribution < -0.4 is 10.2 Å². The lowest BCUT2D eigenvalue weighted by Gasteiger charge is -2.18. The van der Waals surface area contributed by atoms with E-state index < -0.39 is 0 Å². The van der Waals surface area contributed by atoms with Crippen LogP contribution in [0.2, 0.25) is 0 Å². The number of methoxy groups -OCH3 is 1. The van der Waals surface area contributed by atoms with Crippen LogP contribution in [0.3, 0.4) is 0 Å². The fourth-order valence-electron chi connectivity index (χ4n) is 2.65. The van der Waals surface area contributed by atoms with Gasteiger partial charge < -0.3 is 15.0 Å². The van der Waals surface area contributed by atoms with Gasteiger partial charge in [-0.3, -0.25) is 9.48 Å². The number of nitrogens with one attached hydrogen (secondary N) is 1. The summed E-state index contributed by atoms with van der Waals surface area (Å²) in [5, 5.41) is 6.89. The number of nitrogens with zero attached hydrogens (tertiary/aromatic N) is 3. The van der Waals surface area contributed by atoms with Gasteiger partial charge in [0, 0.05) is 44.0 Å². The standard InChI is InChI=1S/C16H20N4O2/c1-22-15-7-10-19(11-15)14-5-3-13(4-6-14)18-16(21)12-20-9-2-8-17-20/h2-6,8-9,15H,7,10-12H2,1H3,(H,18,21)/t15-/m1/s1. The summed E-state index contributed by atoms with van der Waals surface area (Å²) in [6, 6.07) is 9.71. The highest BCUT2D eigenvalue weighted by Gasteiger charge is 2.22. The van der Waals surface area contributed by atoms with Crippen molar-refractivity contribution in [3.8, 4) is 0 Å². The predicted octanol–water partition coefficient (Wildman–Crippen LogP) is 1.75. The second-order valence-electron chi connectivity index (χ2n) is 5.39. The first-order chi connectivity index (χ1) is 10.7. The third-order valence-corrected chi connectivity index (χ3v) is 3.86. The fraction of sp³-hybridized carbons (Fsp3) is 0.375. The Bertz CT molecular complexity index is 610. The number of hydrogen-bond acceptors (Lipinski definition) is 4. The van der Waals surface area contributed by atoms with Gasteiger partial charge in [-0.25, -0.2) is 0 Å². The van der Waals surface area contributed by atoms with Gasteiger partial charge in [-0.15, -0.1) is 0 Å². The van der Waals surface area contributed by atoms with Gasteiger partial charge in [-0.2, -0.15) is 5.10 Å². The molecule has 22 heavy (non-hydrogen) atoms. The van der Waals surface area contributed by atoms with Crippen LogP contribution in [0, 0.1) is 0 Å². The van der Waals surface area contributed by atoms with Crippen molar-refractivity contribution in [2.45, 2.75) is 19.1 Å². The highest BCUT2D eigenvalue weighted by molar-refractivity contribution is 5.90. The van der Waals surface area contributed by atoms with Crippen LogP contribution >= 0.6 is 0 Å². The largest absolute Gasteiger partial charge is 0.380 e. The molecular weight excluding hydrogens is 280 g/mol. The van der Waals surface area contributed by atoms with Gasteiger partial charge in [0.2, 0.25) is 5.91 Å². The first-order valence-electron chi connectivity index (χ1n) is 7.39. The molecule has 3 rings (SSSR count). The molecule has 6 nitrogen and oxygen atoms in total. The minimum absolute atomic E-state index is 0.0860. The predicted molar refractivity (Wildman–Crippen MR) is 84.9 cm³/mol. The number of hydrogen-bond donors (Lipinski definition) is 1. The Morgan fingerprint density at radius 1 is 1.41 bits per heavy atom. The molecule has 0 bridgehead atoms. The Morgan fingerprint density at radius 3 is 2.86 bits per heavy atom. The number of rotatable bonds is 5. The topological polar surface area (TPSA) is 59.4 Å². The summed E-state index contributed by atoms with van der Waals surface area (Å²) in [6.45, 7) is 2.14. The zero-order valence-electron chi connectivity index (χ0n) is 12.6. The lowest BCUT2D eigenvalue weighted by atomic mass is 10.2. The van der Waals surface area contributed by atoms with E-state index >= 15 is 0 Å². The highest BCUT2D eigenvalue weighted by Crippen LogP contribution is 2.23. The normalized spacial score (nSPS) is 17.7. The van der Waals surface area contributed by atoms with Crippen molar-refractivity contribution < 1.29 is 9.53 Å². The molecule has 0 aliphatic carbocycles. The summed E-state index contributed by atoms with van der Waals surface area (Å²) in [4.78, 5) is 14.2. The van der Waals surface area contributed by atoms with Crippen LogP contribution in [0.25, 0.3) is 0 Å². The maximum absolute atomic E-state index is 11.9.